The molecular weight excluding hydrogens is 411 g/mol. The van der Waals surface area contributed by atoms with Gasteiger partial charge in [-0.3, -0.25) is 9.36 Å². The number of Topliss-reactive ketones (excluding diaryl/α,β-unsaturated/α-hetero) is 1. The number of carbonyl (C=O) groups excluding carboxylic acids is 1. The van der Waals surface area contributed by atoms with E-state index in [9.17, 15) is 9.36 Å². The lowest BCUT2D eigenvalue weighted by molar-refractivity contribution is 0.0993. The quantitative estimate of drug-likeness (QED) is 0.247. The molecule has 0 atom stereocenters. The van der Waals surface area contributed by atoms with E-state index in [-0.39, 0.29) is 18.4 Å². The van der Waals surface area contributed by atoms with E-state index in [1.54, 1.807) is 38.1 Å². The Bertz CT molecular complexity index is 1000. The molecule has 3 aromatic rings. The molecule has 0 aromatic heterocycles. The molecular formula is C25H27O5P. The van der Waals surface area contributed by atoms with Crippen molar-refractivity contribution < 1.29 is 23.1 Å². The minimum atomic E-state index is -3.14. The largest absolute Gasteiger partial charge is 0.457 e. The van der Waals surface area contributed by atoms with Crippen molar-refractivity contribution in [1.82, 2.24) is 0 Å². The number of hydrogen-bond donors (Lipinski definition) is 0. The maximum absolute atomic E-state index is 12.7. The number of para-hydroxylation sites is 1. The molecule has 0 radical (unpaired) electrons. The third-order valence-electron chi connectivity index (χ3n) is 4.57. The predicted octanol–water partition coefficient (Wildman–Crippen LogP) is 6.67. The van der Waals surface area contributed by atoms with Crippen molar-refractivity contribution in [2.75, 3.05) is 13.2 Å². The maximum Gasteiger partial charge on any atom is 0.335 e. The second-order valence-corrected chi connectivity index (χ2v) is 9.01. The van der Waals surface area contributed by atoms with Crippen molar-refractivity contribution in [3.63, 3.8) is 0 Å². The van der Waals surface area contributed by atoms with Crippen LogP contribution in [-0.2, 0) is 26.2 Å². The Kier molecular flexibility index (Phi) is 8.19. The highest BCUT2D eigenvalue weighted by Gasteiger charge is 2.23. The molecule has 0 unspecified atom stereocenters. The summed E-state index contributed by atoms with van der Waals surface area (Å²) in [5.74, 6) is 1.45. The summed E-state index contributed by atoms with van der Waals surface area (Å²) in [6, 6.07) is 24.1. The third-order valence-corrected chi connectivity index (χ3v) is 6.63. The first-order chi connectivity index (χ1) is 15.0. The van der Waals surface area contributed by atoms with E-state index in [0.29, 0.717) is 24.5 Å². The third kappa shape index (κ3) is 6.90. The van der Waals surface area contributed by atoms with Crippen LogP contribution < -0.4 is 4.74 Å². The Balaban J connectivity index is 1.59. The maximum atomic E-state index is 12.7. The molecule has 0 aliphatic heterocycles. The summed E-state index contributed by atoms with van der Waals surface area (Å²) in [7, 11) is -3.14. The summed E-state index contributed by atoms with van der Waals surface area (Å²) >= 11 is 0. The van der Waals surface area contributed by atoms with Crippen LogP contribution in [0.25, 0.3) is 0 Å². The molecule has 0 fully saturated rings. The normalized spacial score (nSPS) is 11.3. The monoisotopic (exact) mass is 438 g/mol. The van der Waals surface area contributed by atoms with Crippen molar-refractivity contribution >= 4 is 13.4 Å². The van der Waals surface area contributed by atoms with Crippen LogP contribution >= 0.6 is 7.60 Å². The van der Waals surface area contributed by atoms with Gasteiger partial charge in [0.15, 0.2) is 5.78 Å². The van der Waals surface area contributed by atoms with Crippen molar-refractivity contribution in [3.8, 4) is 11.5 Å². The van der Waals surface area contributed by atoms with Crippen LogP contribution in [0.1, 0.15) is 35.3 Å². The molecule has 0 amide bonds. The molecule has 0 spiro atoms. The molecule has 3 aromatic carbocycles. The lowest BCUT2D eigenvalue weighted by Gasteiger charge is -2.17. The van der Waals surface area contributed by atoms with Crippen molar-refractivity contribution in [2.24, 2.45) is 0 Å². The average molecular weight is 438 g/mol. The van der Waals surface area contributed by atoms with Crippen LogP contribution in [0.4, 0.5) is 0 Å². The Hall–Kier alpha value is -2.72. The first-order valence-corrected chi connectivity index (χ1v) is 12.1. The van der Waals surface area contributed by atoms with Gasteiger partial charge in [-0.1, -0.05) is 42.5 Å². The van der Waals surface area contributed by atoms with Gasteiger partial charge in [0.25, 0.3) is 0 Å². The Labute approximate surface area is 183 Å². The zero-order valence-corrected chi connectivity index (χ0v) is 18.7. The van der Waals surface area contributed by atoms with Crippen molar-refractivity contribution in [1.29, 1.82) is 0 Å². The summed E-state index contributed by atoms with van der Waals surface area (Å²) in [6.45, 7) is 4.25. The van der Waals surface area contributed by atoms with Gasteiger partial charge >= 0.3 is 7.60 Å². The van der Waals surface area contributed by atoms with Crippen molar-refractivity contribution in [3.05, 3.63) is 95.6 Å². The van der Waals surface area contributed by atoms with Gasteiger partial charge in [-0.05, 0) is 61.4 Å². The molecule has 0 saturated carbocycles. The number of rotatable bonds is 11. The van der Waals surface area contributed by atoms with Crippen LogP contribution in [0.3, 0.4) is 0 Å². The number of ketones is 1. The van der Waals surface area contributed by atoms with E-state index in [1.165, 1.54) is 0 Å². The van der Waals surface area contributed by atoms with Gasteiger partial charge in [-0.25, -0.2) is 0 Å². The molecule has 0 aliphatic carbocycles. The molecule has 0 aliphatic rings. The molecule has 3 rings (SSSR count). The Morgan fingerprint density at radius 1 is 0.742 bits per heavy atom. The van der Waals surface area contributed by atoms with Crippen LogP contribution in [0, 0.1) is 0 Å². The molecule has 162 valence electrons. The number of hydrogen-bond acceptors (Lipinski definition) is 5. The van der Waals surface area contributed by atoms with Gasteiger partial charge in [0, 0.05) is 12.0 Å². The van der Waals surface area contributed by atoms with Gasteiger partial charge in [0.1, 0.15) is 11.5 Å². The minimum absolute atomic E-state index is 0.0216. The molecule has 0 heterocycles. The van der Waals surface area contributed by atoms with Crippen molar-refractivity contribution in [2.45, 2.75) is 26.4 Å². The summed E-state index contributed by atoms with van der Waals surface area (Å²) < 4.78 is 29.1. The first kappa shape index (κ1) is 23.0. The highest BCUT2D eigenvalue weighted by atomic mass is 31.2. The van der Waals surface area contributed by atoms with E-state index in [2.05, 4.69) is 0 Å². The molecule has 31 heavy (non-hydrogen) atoms. The number of carbonyl (C=O) groups is 1. The second kappa shape index (κ2) is 11.1. The minimum Gasteiger partial charge on any atom is -0.457 e. The van der Waals surface area contributed by atoms with Gasteiger partial charge in [0.2, 0.25) is 0 Å². The Morgan fingerprint density at radius 2 is 1.29 bits per heavy atom. The lowest BCUT2D eigenvalue weighted by Crippen LogP contribution is -2.04. The number of benzene rings is 3. The lowest BCUT2D eigenvalue weighted by atomic mass is 10.0. The molecule has 0 saturated heterocycles. The average Bonchev–Trinajstić information content (AvgIpc) is 2.76. The fraction of sp³-hybridized carbons (Fsp3) is 0.240. The SMILES string of the molecule is CCOP(=O)(Cc1ccc(CC(=O)c2ccc(Oc3ccccc3)cc2)cc1)OCC. The number of ether oxygens (including phenoxy) is 1. The van der Waals surface area contributed by atoms with Crippen LogP contribution in [0.2, 0.25) is 0 Å². The summed E-state index contributed by atoms with van der Waals surface area (Å²) in [6.07, 6.45) is 0.500. The standard InChI is InChI=1S/C25H27O5P/c1-3-28-31(27,29-4-2)19-21-12-10-20(11-13-21)18-25(26)22-14-16-24(17-15-22)30-23-8-6-5-7-9-23/h5-17H,3-4,18-19H2,1-2H3. The molecule has 6 heteroatoms. The van der Waals surface area contributed by atoms with Crippen LogP contribution in [0.15, 0.2) is 78.9 Å². The molecule has 5 nitrogen and oxygen atoms in total. The van der Waals surface area contributed by atoms with Gasteiger partial charge in [-0.2, -0.15) is 0 Å². The van der Waals surface area contributed by atoms with Crippen LogP contribution in [-0.4, -0.2) is 19.0 Å². The zero-order valence-electron chi connectivity index (χ0n) is 17.8. The highest BCUT2D eigenvalue weighted by molar-refractivity contribution is 7.53. The van der Waals surface area contributed by atoms with E-state index in [4.69, 9.17) is 13.8 Å². The summed E-state index contributed by atoms with van der Waals surface area (Å²) in [5.41, 5.74) is 2.37. The van der Waals surface area contributed by atoms with Gasteiger partial charge < -0.3 is 13.8 Å². The van der Waals surface area contributed by atoms with E-state index >= 15 is 0 Å². The van der Waals surface area contributed by atoms with E-state index in [1.807, 2.05) is 54.6 Å². The summed E-state index contributed by atoms with van der Waals surface area (Å²) in [5, 5.41) is 0. The fourth-order valence-electron chi connectivity index (χ4n) is 3.13. The predicted molar refractivity (Wildman–Crippen MR) is 122 cm³/mol. The van der Waals surface area contributed by atoms with Gasteiger partial charge in [-0.15, -0.1) is 0 Å². The first-order valence-electron chi connectivity index (χ1n) is 10.3. The topological polar surface area (TPSA) is 61.8 Å². The fourth-order valence-corrected chi connectivity index (χ4v) is 4.83. The summed E-state index contributed by atoms with van der Waals surface area (Å²) in [4.78, 5) is 12.6. The van der Waals surface area contributed by atoms with Gasteiger partial charge in [0.05, 0.1) is 19.4 Å². The van der Waals surface area contributed by atoms with E-state index < -0.39 is 7.60 Å². The van der Waals surface area contributed by atoms with Crippen LogP contribution in [0.5, 0.6) is 11.5 Å². The zero-order chi connectivity index (χ0) is 22.1. The highest BCUT2D eigenvalue weighted by Crippen LogP contribution is 2.51. The smallest absolute Gasteiger partial charge is 0.335 e. The Morgan fingerprint density at radius 3 is 1.87 bits per heavy atom. The molecule has 0 N–H and O–H groups in total. The van der Waals surface area contributed by atoms with E-state index in [0.717, 1.165) is 16.9 Å². The molecule has 0 bridgehead atoms. The second-order valence-electron chi connectivity index (χ2n) is 6.96.